The molecule has 2 aromatic rings. The largest absolute Gasteiger partial charge is 0.246 e. The lowest BCUT2D eigenvalue weighted by Crippen LogP contribution is -2.32. The third-order valence-corrected chi connectivity index (χ3v) is 5.44. The Bertz CT molecular complexity index is 702. The van der Waals surface area contributed by atoms with Crippen molar-refractivity contribution in [1.82, 2.24) is 14.1 Å². The van der Waals surface area contributed by atoms with E-state index in [4.69, 9.17) is 0 Å². The van der Waals surface area contributed by atoms with Crippen molar-refractivity contribution >= 4 is 10.0 Å². The summed E-state index contributed by atoms with van der Waals surface area (Å²) in [7, 11) is -3.49. The lowest BCUT2D eigenvalue weighted by molar-refractivity contribution is 0.409. The van der Waals surface area contributed by atoms with Crippen LogP contribution in [0, 0.1) is 6.92 Å². The van der Waals surface area contributed by atoms with E-state index in [0.29, 0.717) is 23.7 Å². The van der Waals surface area contributed by atoms with Gasteiger partial charge in [0.25, 0.3) is 0 Å². The van der Waals surface area contributed by atoms with E-state index in [9.17, 15) is 8.42 Å². The van der Waals surface area contributed by atoms with Crippen molar-refractivity contribution < 1.29 is 8.42 Å². The van der Waals surface area contributed by atoms with Crippen LogP contribution in [-0.2, 0) is 10.0 Å². The van der Waals surface area contributed by atoms with E-state index in [2.05, 4.69) is 5.10 Å². The smallest absolute Gasteiger partial charge is 0.239 e. The molecule has 1 aromatic heterocycles. The summed E-state index contributed by atoms with van der Waals surface area (Å²) >= 11 is 0. The summed E-state index contributed by atoms with van der Waals surface area (Å²) in [6.45, 7) is 6.78. The minimum atomic E-state index is -3.49. The monoisotopic (exact) mass is 321 g/mol. The van der Waals surface area contributed by atoms with Crippen LogP contribution in [0.1, 0.15) is 32.4 Å². The van der Waals surface area contributed by atoms with Gasteiger partial charge < -0.3 is 0 Å². The highest BCUT2D eigenvalue weighted by atomic mass is 32.2. The van der Waals surface area contributed by atoms with Gasteiger partial charge >= 0.3 is 0 Å². The van der Waals surface area contributed by atoms with Crippen LogP contribution in [0.4, 0.5) is 0 Å². The van der Waals surface area contributed by atoms with Crippen LogP contribution in [0.25, 0.3) is 5.69 Å². The number of hydrogen-bond acceptors (Lipinski definition) is 3. The third kappa shape index (κ3) is 3.39. The molecule has 0 bridgehead atoms. The van der Waals surface area contributed by atoms with Gasteiger partial charge in [0.15, 0.2) is 0 Å². The number of rotatable bonds is 7. The van der Waals surface area contributed by atoms with Gasteiger partial charge in [-0.25, -0.2) is 13.1 Å². The van der Waals surface area contributed by atoms with Crippen molar-refractivity contribution in [3.8, 4) is 5.69 Å². The molecule has 1 aromatic carbocycles. The molecule has 2 rings (SSSR count). The predicted octanol–water partition coefficient (Wildman–Crippen LogP) is 2.99. The third-order valence-electron chi connectivity index (χ3n) is 3.44. The Morgan fingerprint density at radius 3 is 2.23 bits per heavy atom. The van der Waals surface area contributed by atoms with Crippen molar-refractivity contribution in [3.05, 3.63) is 42.2 Å². The Morgan fingerprint density at radius 2 is 1.68 bits per heavy atom. The fourth-order valence-electron chi connectivity index (χ4n) is 2.40. The second kappa shape index (κ2) is 7.07. The highest BCUT2D eigenvalue weighted by Crippen LogP contribution is 2.21. The zero-order valence-electron chi connectivity index (χ0n) is 13.4. The van der Waals surface area contributed by atoms with Crippen LogP contribution in [0.15, 0.2) is 41.4 Å². The van der Waals surface area contributed by atoms with Gasteiger partial charge in [-0.1, -0.05) is 32.0 Å². The zero-order valence-corrected chi connectivity index (χ0v) is 14.2. The maximum absolute atomic E-state index is 12.9. The number of aromatic nitrogens is 2. The molecule has 0 saturated heterocycles. The van der Waals surface area contributed by atoms with E-state index < -0.39 is 10.0 Å². The Balaban J connectivity index is 2.41. The van der Waals surface area contributed by atoms with E-state index in [1.807, 2.05) is 44.2 Å². The molecule has 0 amide bonds. The van der Waals surface area contributed by atoms with Crippen molar-refractivity contribution in [3.63, 3.8) is 0 Å². The fraction of sp³-hybridized carbons (Fsp3) is 0.438. The molecule has 0 spiro atoms. The summed E-state index contributed by atoms with van der Waals surface area (Å²) in [5.41, 5.74) is 1.38. The Morgan fingerprint density at radius 1 is 1.09 bits per heavy atom. The van der Waals surface area contributed by atoms with Gasteiger partial charge in [0.1, 0.15) is 4.90 Å². The number of aryl methyl sites for hydroxylation is 1. The summed E-state index contributed by atoms with van der Waals surface area (Å²) in [6.07, 6.45) is 3.20. The van der Waals surface area contributed by atoms with Crippen LogP contribution in [0.5, 0.6) is 0 Å². The summed E-state index contributed by atoms with van der Waals surface area (Å²) in [4.78, 5) is 0.290. The van der Waals surface area contributed by atoms with Gasteiger partial charge in [-0.3, -0.25) is 0 Å². The SMILES string of the molecule is CCCN(CCC)S(=O)(=O)c1cn(-c2ccccc2)nc1C. The lowest BCUT2D eigenvalue weighted by Gasteiger charge is -2.20. The zero-order chi connectivity index (χ0) is 16.2. The molecule has 0 N–H and O–H groups in total. The maximum Gasteiger partial charge on any atom is 0.246 e. The molecule has 0 aliphatic heterocycles. The van der Waals surface area contributed by atoms with Gasteiger partial charge in [0.2, 0.25) is 10.0 Å². The van der Waals surface area contributed by atoms with E-state index in [-0.39, 0.29) is 0 Å². The second-order valence-electron chi connectivity index (χ2n) is 5.26. The standard InChI is InChI=1S/C16H23N3O2S/c1-4-11-18(12-5-2)22(20,21)16-13-19(17-14(16)3)15-9-7-6-8-10-15/h6-10,13H,4-5,11-12H2,1-3H3. The molecule has 0 unspecified atom stereocenters. The molecule has 6 heteroatoms. The molecule has 0 radical (unpaired) electrons. The molecule has 0 aliphatic rings. The predicted molar refractivity (Wildman–Crippen MR) is 87.6 cm³/mol. The number of benzene rings is 1. The van der Waals surface area contributed by atoms with E-state index in [1.54, 1.807) is 22.1 Å². The number of hydrogen-bond donors (Lipinski definition) is 0. The first-order valence-electron chi connectivity index (χ1n) is 7.62. The highest BCUT2D eigenvalue weighted by Gasteiger charge is 2.27. The molecule has 0 fully saturated rings. The molecule has 0 saturated carbocycles. The second-order valence-corrected chi connectivity index (χ2v) is 7.17. The van der Waals surface area contributed by atoms with Crippen LogP contribution in [0.2, 0.25) is 0 Å². The Labute approximate surface area is 132 Å². The summed E-state index contributed by atoms with van der Waals surface area (Å²) in [5, 5.41) is 4.36. The van der Waals surface area contributed by atoms with E-state index >= 15 is 0 Å². The number of nitrogens with zero attached hydrogens (tertiary/aromatic N) is 3. The molecular formula is C16H23N3O2S. The summed E-state index contributed by atoms with van der Waals surface area (Å²) < 4.78 is 28.9. The summed E-state index contributed by atoms with van der Waals surface area (Å²) in [6, 6.07) is 9.53. The topological polar surface area (TPSA) is 55.2 Å². The minimum Gasteiger partial charge on any atom is -0.239 e. The van der Waals surface area contributed by atoms with Crippen LogP contribution in [0.3, 0.4) is 0 Å². The lowest BCUT2D eigenvalue weighted by atomic mass is 10.3. The molecule has 0 atom stereocenters. The Kier molecular flexibility index (Phi) is 5.37. The Hall–Kier alpha value is -1.66. The van der Waals surface area contributed by atoms with Gasteiger partial charge in [-0.15, -0.1) is 0 Å². The molecule has 22 heavy (non-hydrogen) atoms. The van der Waals surface area contributed by atoms with Crippen LogP contribution >= 0.6 is 0 Å². The van der Waals surface area contributed by atoms with Crippen LogP contribution < -0.4 is 0 Å². The molecular weight excluding hydrogens is 298 g/mol. The van der Waals surface area contributed by atoms with Gasteiger partial charge in [0.05, 0.1) is 17.6 Å². The summed E-state index contributed by atoms with van der Waals surface area (Å²) in [5.74, 6) is 0. The van der Waals surface area contributed by atoms with Crippen molar-refractivity contribution in [2.45, 2.75) is 38.5 Å². The van der Waals surface area contributed by atoms with E-state index in [0.717, 1.165) is 18.5 Å². The van der Waals surface area contributed by atoms with Gasteiger partial charge in [-0.2, -0.15) is 9.40 Å². The molecule has 120 valence electrons. The fourth-order valence-corrected chi connectivity index (χ4v) is 4.17. The first-order chi connectivity index (χ1) is 10.5. The normalized spacial score (nSPS) is 12.0. The number of sulfonamides is 1. The first-order valence-corrected chi connectivity index (χ1v) is 9.06. The van der Waals surface area contributed by atoms with E-state index in [1.165, 1.54) is 0 Å². The number of para-hydroxylation sites is 1. The average Bonchev–Trinajstić information content (AvgIpc) is 2.91. The minimum absolute atomic E-state index is 0.290. The van der Waals surface area contributed by atoms with Gasteiger partial charge in [-0.05, 0) is 31.9 Å². The maximum atomic E-state index is 12.9. The van der Waals surface area contributed by atoms with Crippen molar-refractivity contribution in [2.75, 3.05) is 13.1 Å². The highest BCUT2D eigenvalue weighted by molar-refractivity contribution is 7.89. The quantitative estimate of drug-likeness (QED) is 0.788. The van der Waals surface area contributed by atoms with Crippen LogP contribution in [-0.4, -0.2) is 35.6 Å². The molecule has 1 heterocycles. The van der Waals surface area contributed by atoms with Crippen molar-refractivity contribution in [1.29, 1.82) is 0 Å². The average molecular weight is 321 g/mol. The molecule has 0 aliphatic carbocycles. The van der Waals surface area contributed by atoms with Crippen molar-refractivity contribution in [2.24, 2.45) is 0 Å². The molecule has 5 nitrogen and oxygen atoms in total. The van der Waals surface area contributed by atoms with Gasteiger partial charge in [0, 0.05) is 13.1 Å². The first kappa shape index (κ1) is 16.7.